The Morgan fingerprint density at radius 3 is 2.65 bits per heavy atom. The zero-order chi connectivity index (χ0) is 16.2. The molecule has 1 aromatic carbocycles. The summed E-state index contributed by atoms with van der Waals surface area (Å²) >= 11 is 0. The van der Waals surface area contributed by atoms with E-state index in [2.05, 4.69) is 20.2 Å². The average molecular weight is 320 g/mol. The van der Waals surface area contributed by atoms with Crippen LogP contribution in [-0.2, 0) is 4.79 Å². The number of aromatic nitrogens is 2. The molecule has 1 saturated heterocycles. The summed E-state index contributed by atoms with van der Waals surface area (Å²) in [6.45, 7) is 0.759. The van der Waals surface area contributed by atoms with Crippen LogP contribution in [0.25, 0.3) is 11.0 Å². The van der Waals surface area contributed by atoms with Gasteiger partial charge in [0, 0.05) is 19.0 Å². The van der Waals surface area contributed by atoms with Crippen LogP contribution in [0.5, 0.6) is 0 Å². The van der Waals surface area contributed by atoms with Crippen molar-refractivity contribution in [2.24, 2.45) is 5.92 Å². The first-order valence-electron chi connectivity index (χ1n) is 7.66. The molecule has 0 bridgehead atoms. The van der Waals surface area contributed by atoms with E-state index in [-0.39, 0.29) is 11.8 Å². The number of nitrogens with one attached hydrogen (secondary N) is 1. The zero-order valence-electron chi connectivity index (χ0n) is 12.6. The molecule has 0 saturated carbocycles. The van der Waals surface area contributed by atoms with Gasteiger partial charge in [-0.3, -0.25) is 9.78 Å². The number of para-hydroxylation sites is 2. The number of hydrogen-bond acceptors (Lipinski definition) is 4. The molecule has 0 aliphatic carbocycles. The van der Waals surface area contributed by atoms with E-state index >= 15 is 0 Å². The number of carbonyl (C=O) groups excluding carboxylic acids is 1. The summed E-state index contributed by atoms with van der Waals surface area (Å²) in [6, 6.07) is 7.66. The molecule has 0 unspecified atom stereocenters. The van der Waals surface area contributed by atoms with E-state index in [1.165, 1.54) is 0 Å². The summed E-state index contributed by atoms with van der Waals surface area (Å²) in [6.07, 6.45) is 0.485. The molecular weight excluding hydrogens is 302 g/mol. The van der Waals surface area contributed by atoms with Gasteiger partial charge in [0.05, 0.1) is 23.8 Å². The molecule has 2 aromatic rings. The molecule has 1 aliphatic heterocycles. The molecule has 3 rings (SSSR count). The highest BCUT2D eigenvalue weighted by molar-refractivity contribution is 5.79. The summed E-state index contributed by atoms with van der Waals surface area (Å²) in [4.78, 5) is 22.9. The zero-order valence-corrected chi connectivity index (χ0v) is 12.6. The van der Waals surface area contributed by atoms with E-state index in [0.29, 0.717) is 25.9 Å². The minimum absolute atomic E-state index is 0.210. The maximum Gasteiger partial charge on any atom is 0.255 e. The van der Waals surface area contributed by atoms with Crippen molar-refractivity contribution < 1.29 is 13.6 Å². The molecule has 1 N–H and O–H groups in total. The summed E-state index contributed by atoms with van der Waals surface area (Å²) in [7, 11) is 0. The van der Waals surface area contributed by atoms with Crippen LogP contribution in [-0.4, -0.2) is 41.9 Å². The van der Waals surface area contributed by atoms with Crippen LogP contribution in [0.1, 0.15) is 12.8 Å². The lowest BCUT2D eigenvalue weighted by Gasteiger charge is -2.32. The van der Waals surface area contributed by atoms with Crippen molar-refractivity contribution in [1.29, 1.82) is 0 Å². The molecule has 122 valence electrons. The Bertz CT molecular complexity index is 687. The van der Waals surface area contributed by atoms with Crippen LogP contribution in [0.15, 0.2) is 30.5 Å². The Labute approximate surface area is 132 Å². The molecule has 1 aromatic heterocycles. The Morgan fingerprint density at radius 1 is 1.26 bits per heavy atom. The van der Waals surface area contributed by atoms with Gasteiger partial charge in [-0.25, -0.2) is 13.8 Å². The first-order chi connectivity index (χ1) is 11.1. The van der Waals surface area contributed by atoms with E-state index in [1.54, 1.807) is 6.20 Å². The smallest absolute Gasteiger partial charge is 0.255 e. The second-order valence-corrected chi connectivity index (χ2v) is 5.61. The molecular formula is C16H18F2N4O. The van der Waals surface area contributed by atoms with E-state index in [1.807, 2.05) is 24.3 Å². The highest BCUT2D eigenvalue weighted by Crippen LogP contribution is 2.23. The summed E-state index contributed by atoms with van der Waals surface area (Å²) in [5.41, 5.74) is 1.68. The molecule has 1 fully saturated rings. The maximum atomic E-state index is 12.1. The fourth-order valence-corrected chi connectivity index (χ4v) is 2.79. The van der Waals surface area contributed by atoms with Crippen molar-refractivity contribution in [3.8, 4) is 0 Å². The van der Waals surface area contributed by atoms with Crippen molar-refractivity contribution in [1.82, 2.24) is 15.3 Å². The number of piperidine rings is 1. The summed E-state index contributed by atoms with van der Waals surface area (Å²) < 4.78 is 24.3. The first-order valence-corrected chi connectivity index (χ1v) is 7.66. The molecule has 0 spiro atoms. The van der Waals surface area contributed by atoms with Gasteiger partial charge in [-0.2, -0.15) is 0 Å². The van der Waals surface area contributed by atoms with Crippen molar-refractivity contribution in [2.75, 3.05) is 24.5 Å². The third kappa shape index (κ3) is 3.72. The van der Waals surface area contributed by atoms with E-state index < -0.39 is 13.0 Å². The molecule has 23 heavy (non-hydrogen) atoms. The molecule has 2 heterocycles. The number of anilines is 1. The minimum atomic E-state index is -2.51. The second-order valence-electron chi connectivity index (χ2n) is 5.61. The number of nitrogens with zero attached hydrogens (tertiary/aromatic N) is 3. The maximum absolute atomic E-state index is 12.1. The van der Waals surface area contributed by atoms with E-state index in [9.17, 15) is 13.6 Å². The molecule has 1 aliphatic rings. The average Bonchev–Trinajstić information content (AvgIpc) is 2.59. The van der Waals surface area contributed by atoms with Crippen LogP contribution < -0.4 is 10.2 Å². The summed E-state index contributed by atoms with van der Waals surface area (Å²) in [5, 5.41) is 2.30. The predicted molar refractivity (Wildman–Crippen MR) is 83.5 cm³/mol. The van der Waals surface area contributed by atoms with Gasteiger partial charge < -0.3 is 10.2 Å². The molecule has 1 amide bonds. The van der Waals surface area contributed by atoms with Gasteiger partial charge in [0.2, 0.25) is 5.91 Å². The molecule has 0 atom stereocenters. The number of benzene rings is 1. The number of amides is 1. The van der Waals surface area contributed by atoms with Crippen LogP contribution in [0.2, 0.25) is 0 Å². The Kier molecular flexibility index (Phi) is 4.64. The van der Waals surface area contributed by atoms with Crippen molar-refractivity contribution in [2.45, 2.75) is 19.3 Å². The van der Waals surface area contributed by atoms with Crippen LogP contribution in [0, 0.1) is 5.92 Å². The second kappa shape index (κ2) is 6.85. The van der Waals surface area contributed by atoms with Crippen LogP contribution in [0.4, 0.5) is 14.6 Å². The van der Waals surface area contributed by atoms with Gasteiger partial charge >= 0.3 is 0 Å². The third-order valence-corrected chi connectivity index (χ3v) is 4.06. The van der Waals surface area contributed by atoms with Crippen molar-refractivity contribution >= 4 is 22.8 Å². The lowest BCUT2D eigenvalue weighted by Crippen LogP contribution is -2.42. The highest BCUT2D eigenvalue weighted by atomic mass is 19.3. The van der Waals surface area contributed by atoms with Gasteiger partial charge in [-0.1, -0.05) is 12.1 Å². The quantitative estimate of drug-likeness (QED) is 0.938. The number of carbonyl (C=O) groups is 1. The lowest BCUT2D eigenvalue weighted by atomic mass is 9.96. The Balaban J connectivity index is 1.60. The number of halogens is 2. The highest BCUT2D eigenvalue weighted by Gasteiger charge is 2.26. The van der Waals surface area contributed by atoms with Gasteiger partial charge in [0.1, 0.15) is 5.82 Å². The SMILES string of the molecule is O=C(NCC(F)F)C1CCN(c2cnc3ccccc3n2)CC1. The normalized spacial score (nSPS) is 16.0. The monoisotopic (exact) mass is 320 g/mol. The molecule has 7 heteroatoms. The summed E-state index contributed by atoms with van der Waals surface area (Å²) in [5.74, 6) is 0.295. The predicted octanol–water partition coefficient (Wildman–Crippen LogP) is 2.23. The van der Waals surface area contributed by atoms with Crippen molar-refractivity contribution in [3.63, 3.8) is 0 Å². The molecule has 0 radical (unpaired) electrons. The molecule has 5 nitrogen and oxygen atoms in total. The Hall–Kier alpha value is -2.31. The van der Waals surface area contributed by atoms with Crippen LogP contribution in [0.3, 0.4) is 0 Å². The van der Waals surface area contributed by atoms with E-state index in [4.69, 9.17) is 0 Å². The number of hydrogen-bond donors (Lipinski definition) is 1. The van der Waals surface area contributed by atoms with Gasteiger partial charge in [-0.05, 0) is 25.0 Å². The van der Waals surface area contributed by atoms with Crippen LogP contribution >= 0.6 is 0 Å². The fourth-order valence-electron chi connectivity index (χ4n) is 2.79. The van der Waals surface area contributed by atoms with E-state index in [0.717, 1.165) is 16.9 Å². The van der Waals surface area contributed by atoms with Gasteiger partial charge in [0.25, 0.3) is 6.43 Å². The largest absolute Gasteiger partial charge is 0.355 e. The van der Waals surface area contributed by atoms with Gasteiger partial charge in [0.15, 0.2) is 0 Å². The number of fused-ring (bicyclic) bond motifs is 1. The Morgan fingerprint density at radius 2 is 1.96 bits per heavy atom. The topological polar surface area (TPSA) is 58.1 Å². The fraction of sp³-hybridized carbons (Fsp3) is 0.438. The van der Waals surface area contributed by atoms with Gasteiger partial charge in [-0.15, -0.1) is 0 Å². The number of alkyl halides is 2. The lowest BCUT2D eigenvalue weighted by molar-refractivity contribution is -0.126. The number of rotatable bonds is 4. The first kappa shape index (κ1) is 15.6. The van der Waals surface area contributed by atoms with Crippen molar-refractivity contribution in [3.05, 3.63) is 30.5 Å². The minimum Gasteiger partial charge on any atom is -0.355 e. The standard InChI is InChI=1S/C16H18F2N4O/c17-14(18)9-20-16(23)11-5-7-22(8-6-11)15-10-19-12-3-1-2-4-13(12)21-15/h1-4,10-11,14H,5-9H2,(H,20,23). The third-order valence-electron chi connectivity index (χ3n) is 4.06.